The summed E-state index contributed by atoms with van der Waals surface area (Å²) in [5.41, 5.74) is 3.10. The third-order valence-corrected chi connectivity index (χ3v) is 1.98. The third-order valence-electron chi connectivity index (χ3n) is 1.98. The molecule has 1 N–H and O–H groups in total. The van der Waals surface area contributed by atoms with E-state index >= 15 is 0 Å². The largest absolute Gasteiger partial charge is 0.274 e. The number of hydrogen-bond acceptors (Lipinski definition) is 2. The fourth-order valence-electron chi connectivity index (χ4n) is 0.931. The van der Waals surface area contributed by atoms with Gasteiger partial charge in [0.15, 0.2) is 0 Å². The molecule has 80 valence electrons. The Hall–Kier alpha value is -1.71. The summed E-state index contributed by atoms with van der Waals surface area (Å²) in [5, 5.41) is 3.81. The first kappa shape index (κ1) is 11.4. The molecule has 0 aromatic heterocycles. The van der Waals surface area contributed by atoms with Crippen LogP contribution in [0.25, 0.3) is 0 Å². The van der Waals surface area contributed by atoms with Gasteiger partial charge < -0.3 is 0 Å². The number of nitrogens with one attached hydrogen (secondary N) is 1. The second-order valence-corrected chi connectivity index (χ2v) is 3.12. The summed E-state index contributed by atoms with van der Waals surface area (Å²) in [4.78, 5) is 11.4. The summed E-state index contributed by atoms with van der Waals surface area (Å²) < 4.78 is 13.1. The van der Waals surface area contributed by atoms with Crippen LogP contribution in [0.3, 0.4) is 0 Å². The quantitative estimate of drug-likeness (QED) is 0.601. The van der Waals surface area contributed by atoms with Gasteiger partial charge in [0.1, 0.15) is 5.82 Å². The van der Waals surface area contributed by atoms with Gasteiger partial charge in [-0.1, -0.05) is 19.1 Å². The Morgan fingerprint density at radius 1 is 1.47 bits per heavy atom. The van der Waals surface area contributed by atoms with Gasteiger partial charge in [0, 0.05) is 5.71 Å². The average Bonchev–Trinajstić information content (AvgIpc) is 2.26. The minimum atomic E-state index is -0.542. The van der Waals surface area contributed by atoms with E-state index in [2.05, 4.69) is 10.5 Å². The van der Waals surface area contributed by atoms with Gasteiger partial charge in [-0.3, -0.25) is 4.79 Å². The van der Waals surface area contributed by atoms with Crippen molar-refractivity contribution in [2.75, 3.05) is 0 Å². The number of halogens is 1. The smallest absolute Gasteiger partial charge is 0.267 e. The fourth-order valence-corrected chi connectivity index (χ4v) is 0.931. The van der Waals surface area contributed by atoms with Crippen LogP contribution in [-0.2, 0) is 0 Å². The van der Waals surface area contributed by atoms with Crippen LogP contribution in [0.2, 0.25) is 0 Å². The summed E-state index contributed by atoms with van der Waals surface area (Å²) >= 11 is 0. The van der Waals surface area contributed by atoms with E-state index < -0.39 is 11.7 Å². The van der Waals surface area contributed by atoms with E-state index in [0.29, 0.717) is 0 Å². The molecule has 0 aliphatic heterocycles. The van der Waals surface area contributed by atoms with Crippen LogP contribution in [-0.4, -0.2) is 11.6 Å². The zero-order chi connectivity index (χ0) is 11.3. The first-order chi connectivity index (χ1) is 7.15. The highest BCUT2D eigenvalue weighted by atomic mass is 19.1. The molecule has 15 heavy (non-hydrogen) atoms. The lowest BCUT2D eigenvalue weighted by Gasteiger charge is -2.01. The van der Waals surface area contributed by atoms with Gasteiger partial charge in [0.05, 0.1) is 5.56 Å². The summed E-state index contributed by atoms with van der Waals surface area (Å²) in [7, 11) is 0. The Morgan fingerprint density at radius 2 is 2.13 bits per heavy atom. The third kappa shape index (κ3) is 3.16. The normalized spacial score (nSPS) is 11.3. The van der Waals surface area contributed by atoms with E-state index in [0.717, 1.165) is 12.1 Å². The molecule has 0 atom stereocenters. The molecule has 4 heteroatoms. The van der Waals surface area contributed by atoms with Crippen LogP contribution in [0.5, 0.6) is 0 Å². The van der Waals surface area contributed by atoms with Crippen molar-refractivity contribution in [1.82, 2.24) is 5.43 Å². The minimum Gasteiger partial charge on any atom is -0.267 e. The zero-order valence-corrected chi connectivity index (χ0v) is 8.75. The van der Waals surface area contributed by atoms with E-state index in [1.165, 1.54) is 18.2 Å². The van der Waals surface area contributed by atoms with E-state index in [1.807, 2.05) is 6.92 Å². The van der Waals surface area contributed by atoms with Crippen molar-refractivity contribution < 1.29 is 9.18 Å². The molecule has 0 fully saturated rings. The van der Waals surface area contributed by atoms with Gasteiger partial charge in [-0.05, 0) is 25.5 Å². The van der Waals surface area contributed by atoms with Crippen LogP contribution in [0.15, 0.2) is 29.4 Å². The van der Waals surface area contributed by atoms with Crippen LogP contribution in [0, 0.1) is 5.82 Å². The predicted molar refractivity (Wildman–Crippen MR) is 57.3 cm³/mol. The van der Waals surface area contributed by atoms with Crippen LogP contribution in [0.1, 0.15) is 30.6 Å². The lowest BCUT2D eigenvalue weighted by Crippen LogP contribution is -2.20. The number of hydrogen-bond donors (Lipinski definition) is 1. The Labute approximate surface area is 88.0 Å². The van der Waals surface area contributed by atoms with Gasteiger partial charge in [0.25, 0.3) is 5.91 Å². The van der Waals surface area contributed by atoms with E-state index in [4.69, 9.17) is 0 Å². The molecule has 0 aliphatic rings. The molecule has 1 aromatic carbocycles. The van der Waals surface area contributed by atoms with E-state index in [9.17, 15) is 9.18 Å². The minimum absolute atomic E-state index is 0.00477. The van der Waals surface area contributed by atoms with Gasteiger partial charge in [-0.2, -0.15) is 5.10 Å². The summed E-state index contributed by atoms with van der Waals surface area (Å²) in [6, 6.07) is 5.80. The Bertz CT molecular complexity index is 388. The molecule has 0 unspecified atom stereocenters. The molecular weight excluding hydrogens is 195 g/mol. The maximum Gasteiger partial charge on any atom is 0.274 e. The molecule has 0 heterocycles. The van der Waals surface area contributed by atoms with Crippen molar-refractivity contribution in [3.05, 3.63) is 35.6 Å². The van der Waals surface area contributed by atoms with Crippen molar-refractivity contribution in [1.29, 1.82) is 0 Å². The highest BCUT2D eigenvalue weighted by molar-refractivity contribution is 5.95. The molecule has 0 radical (unpaired) electrons. The molecule has 0 spiro atoms. The average molecular weight is 208 g/mol. The maximum absolute atomic E-state index is 13.1. The molecule has 1 aromatic rings. The van der Waals surface area contributed by atoms with Crippen LogP contribution >= 0.6 is 0 Å². The summed E-state index contributed by atoms with van der Waals surface area (Å²) in [5.74, 6) is -1.07. The number of amides is 1. The van der Waals surface area contributed by atoms with E-state index in [1.54, 1.807) is 13.0 Å². The molecule has 3 nitrogen and oxygen atoms in total. The molecule has 1 rings (SSSR count). The zero-order valence-electron chi connectivity index (χ0n) is 8.75. The summed E-state index contributed by atoms with van der Waals surface area (Å²) in [6.07, 6.45) is 0.748. The van der Waals surface area contributed by atoms with Gasteiger partial charge >= 0.3 is 0 Å². The van der Waals surface area contributed by atoms with Crippen molar-refractivity contribution in [3.63, 3.8) is 0 Å². The molecule has 0 saturated heterocycles. The lowest BCUT2D eigenvalue weighted by atomic mass is 10.2. The monoisotopic (exact) mass is 208 g/mol. The number of benzene rings is 1. The van der Waals surface area contributed by atoms with E-state index in [-0.39, 0.29) is 5.56 Å². The van der Waals surface area contributed by atoms with Crippen molar-refractivity contribution in [3.8, 4) is 0 Å². The van der Waals surface area contributed by atoms with Crippen molar-refractivity contribution >= 4 is 11.6 Å². The summed E-state index contributed by atoms with van der Waals surface area (Å²) in [6.45, 7) is 3.72. The lowest BCUT2D eigenvalue weighted by molar-refractivity contribution is 0.0950. The fraction of sp³-hybridized carbons (Fsp3) is 0.273. The second-order valence-electron chi connectivity index (χ2n) is 3.12. The second kappa shape index (κ2) is 5.24. The number of hydrazone groups is 1. The molecular formula is C11H13FN2O. The molecule has 0 bridgehead atoms. The highest BCUT2D eigenvalue weighted by Crippen LogP contribution is 2.05. The standard InChI is InChI=1S/C11H13FN2O/c1-3-8(2)13-14-11(15)9-6-4-5-7-10(9)12/h4-7H,3H2,1-2H3,(H,14,15). The highest BCUT2D eigenvalue weighted by Gasteiger charge is 2.09. The van der Waals surface area contributed by atoms with Crippen LogP contribution < -0.4 is 5.43 Å². The van der Waals surface area contributed by atoms with Crippen LogP contribution in [0.4, 0.5) is 4.39 Å². The topological polar surface area (TPSA) is 41.5 Å². The molecule has 1 amide bonds. The first-order valence-corrected chi connectivity index (χ1v) is 4.73. The van der Waals surface area contributed by atoms with Gasteiger partial charge in [-0.25, -0.2) is 9.82 Å². The van der Waals surface area contributed by atoms with Crippen molar-refractivity contribution in [2.24, 2.45) is 5.10 Å². The number of rotatable bonds is 3. The Balaban J connectivity index is 2.74. The number of carbonyl (C=O) groups excluding carboxylic acids is 1. The Morgan fingerprint density at radius 3 is 2.73 bits per heavy atom. The predicted octanol–water partition coefficient (Wildman–Crippen LogP) is 2.34. The van der Waals surface area contributed by atoms with Gasteiger partial charge in [-0.15, -0.1) is 0 Å². The first-order valence-electron chi connectivity index (χ1n) is 4.73. The maximum atomic E-state index is 13.1. The molecule has 0 saturated carbocycles. The number of carbonyl (C=O) groups is 1. The van der Waals surface area contributed by atoms with Gasteiger partial charge in [0.2, 0.25) is 0 Å². The molecule has 0 aliphatic carbocycles. The van der Waals surface area contributed by atoms with Crippen molar-refractivity contribution in [2.45, 2.75) is 20.3 Å². The number of nitrogens with zero attached hydrogens (tertiary/aromatic N) is 1. The Kier molecular flexibility index (Phi) is 3.97. The SMILES string of the molecule is CCC(C)=NNC(=O)c1ccccc1F.